The van der Waals surface area contributed by atoms with Gasteiger partial charge in [0.05, 0.1) is 5.69 Å². The van der Waals surface area contributed by atoms with Crippen LogP contribution < -0.4 is 10.5 Å². The van der Waals surface area contributed by atoms with Crippen molar-refractivity contribution in [1.82, 2.24) is 9.62 Å². The Hall–Kier alpha value is -0.820. The molecule has 1 fully saturated rings. The van der Waals surface area contributed by atoms with Crippen molar-refractivity contribution in [1.29, 1.82) is 0 Å². The van der Waals surface area contributed by atoms with Gasteiger partial charge in [0, 0.05) is 18.1 Å². The molecule has 1 aromatic rings. The largest absolute Gasteiger partial charge is 0.398 e. The van der Waals surface area contributed by atoms with Gasteiger partial charge in [0.1, 0.15) is 4.90 Å². The van der Waals surface area contributed by atoms with Gasteiger partial charge in [-0.3, -0.25) is 0 Å². The van der Waals surface area contributed by atoms with Gasteiger partial charge in [0.25, 0.3) is 0 Å². The number of likely N-dealkylation sites (tertiary alicyclic amines) is 1. The lowest BCUT2D eigenvalue weighted by Crippen LogP contribution is -2.34. The lowest BCUT2D eigenvalue weighted by molar-refractivity contribution is 0.288. The molecule has 21 heavy (non-hydrogen) atoms. The fourth-order valence-electron chi connectivity index (χ4n) is 2.56. The Morgan fingerprint density at radius 3 is 2.67 bits per heavy atom. The lowest BCUT2D eigenvalue weighted by atomic mass is 10.2. The van der Waals surface area contributed by atoms with E-state index in [1.807, 2.05) is 6.92 Å². The summed E-state index contributed by atoms with van der Waals surface area (Å²) in [4.78, 5) is 2.45. The predicted molar refractivity (Wildman–Crippen MR) is 85.9 cm³/mol. The van der Waals surface area contributed by atoms with Gasteiger partial charge in [-0.25, -0.2) is 13.1 Å². The Labute approximate surface area is 131 Å². The third-order valence-corrected chi connectivity index (χ3v) is 5.38. The quantitative estimate of drug-likeness (QED) is 0.781. The minimum atomic E-state index is -3.59. The van der Waals surface area contributed by atoms with Crippen LogP contribution in [0.4, 0.5) is 5.69 Å². The molecule has 1 aromatic carbocycles. The van der Waals surface area contributed by atoms with Gasteiger partial charge < -0.3 is 10.6 Å². The maximum absolute atomic E-state index is 12.3. The number of rotatable bonds is 6. The molecule has 118 valence electrons. The Morgan fingerprint density at radius 1 is 1.38 bits per heavy atom. The number of anilines is 1. The zero-order chi connectivity index (χ0) is 15.5. The van der Waals surface area contributed by atoms with E-state index in [4.69, 9.17) is 17.3 Å². The summed E-state index contributed by atoms with van der Waals surface area (Å²) in [5, 5.41) is 0.425. The van der Waals surface area contributed by atoms with Gasteiger partial charge in [-0.2, -0.15) is 0 Å². The van der Waals surface area contributed by atoms with Crippen LogP contribution in [0.15, 0.2) is 23.1 Å². The third-order valence-electron chi connectivity index (χ3n) is 3.65. The number of nitrogen functional groups attached to an aromatic ring is 1. The molecule has 0 amide bonds. The zero-order valence-corrected chi connectivity index (χ0v) is 13.8. The Balaban J connectivity index is 1.94. The summed E-state index contributed by atoms with van der Waals surface area (Å²) in [6, 6.07) is 4.41. The van der Waals surface area contributed by atoms with Crippen LogP contribution in [0.1, 0.15) is 19.8 Å². The van der Waals surface area contributed by atoms with Gasteiger partial charge in [0.15, 0.2) is 0 Å². The van der Waals surface area contributed by atoms with E-state index in [9.17, 15) is 8.42 Å². The average molecular weight is 332 g/mol. The molecule has 3 N–H and O–H groups in total. The van der Waals surface area contributed by atoms with E-state index in [-0.39, 0.29) is 16.5 Å². The minimum absolute atomic E-state index is 0.0836. The predicted octanol–water partition coefficient (Wildman–Crippen LogP) is 1.93. The summed E-state index contributed by atoms with van der Waals surface area (Å²) < 4.78 is 27.1. The number of hydrogen-bond donors (Lipinski definition) is 2. The Morgan fingerprint density at radius 2 is 2.05 bits per heavy atom. The second kappa shape index (κ2) is 6.96. The van der Waals surface area contributed by atoms with Crippen molar-refractivity contribution in [2.45, 2.75) is 24.7 Å². The number of hydrogen-bond acceptors (Lipinski definition) is 4. The molecule has 5 nitrogen and oxygen atoms in total. The van der Waals surface area contributed by atoms with Crippen LogP contribution in [-0.2, 0) is 10.0 Å². The molecule has 0 radical (unpaired) electrons. The topological polar surface area (TPSA) is 75.4 Å². The molecule has 1 heterocycles. The number of nitrogens with one attached hydrogen (secondary N) is 1. The summed E-state index contributed by atoms with van der Waals surface area (Å²) in [6.07, 6.45) is 2.47. The first-order valence-corrected chi connectivity index (χ1v) is 9.01. The van der Waals surface area contributed by atoms with Crippen LogP contribution in [0.3, 0.4) is 0 Å². The number of sulfonamides is 1. The van der Waals surface area contributed by atoms with Crippen molar-refractivity contribution < 1.29 is 8.42 Å². The molecular formula is C14H22ClN3O2S. The van der Waals surface area contributed by atoms with Crippen molar-refractivity contribution in [3.8, 4) is 0 Å². The molecule has 1 atom stereocenters. The summed E-state index contributed by atoms with van der Waals surface area (Å²) >= 11 is 5.79. The molecule has 2 rings (SSSR count). The van der Waals surface area contributed by atoms with Crippen molar-refractivity contribution >= 4 is 27.3 Å². The van der Waals surface area contributed by atoms with E-state index < -0.39 is 10.0 Å². The van der Waals surface area contributed by atoms with Crippen LogP contribution in [0.25, 0.3) is 0 Å². The molecule has 0 bridgehead atoms. The van der Waals surface area contributed by atoms with Gasteiger partial charge in [0.2, 0.25) is 10.0 Å². The van der Waals surface area contributed by atoms with Gasteiger partial charge >= 0.3 is 0 Å². The first kappa shape index (κ1) is 16.5. The van der Waals surface area contributed by atoms with Gasteiger partial charge in [-0.1, -0.05) is 18.5 Å². The van der Waals surface area contributed by atoms with E-state index in [0.717, 1.165) is 19.6 Å². The minimum Gasteiger partial charge on any atom is -0.398 e. The molecule has 0 aliphatic carbocycles. The van der Waals surface area contributed by atoms with E-state index in [1.165, 1.54) is 31.0 Å². The molecule has 1 aliphatic rings. The van der Waals surface area contributed by atoms with Crippen molar-refractivity contribution in [2.24, 2.45) is 5.92 Å². The van der Waals surface area contributed by atoms with Crippen LogP contribution in [0.2, 0.25) is 5.02 Å². The molecule has 0 spiro atoms. The number of nitrogens with zero attached hydrogens (tertiary/aromatic N) is 1. The molecule has 0 aromatic heterocycles. The highest BCUT2D eigenvalue weighted by Crippen LogP contribution is 2.22. The molecule has 1 saturated heterocycles. The normalized spacial score (nSPS) is 18.0. The van der Waals surface area contributed by atoms with E-state index in [1.54, 1.807) is 0 Å². The monoisotopic (exact) mass is 331 g/mol. The first-order chi connectivity index (χ1) is 9.88. The molecule has 0 saturated carbocycles. The van der Waals surface area contributed by atoms with E-state index >= 15 is 0 Å². The van der Waals surface area contributed by atoms with Crippen LogP contribution >= 0.6 is 11.6 Å². The van der Waals surface area contributed by atoms with Gasteiger partial charge in [-0.15, -0.1) is 0 Å². The SMILES string of the molecule is CC(CNS(=O)(=O)c1ccc(Cl)cc1N)CN1CCCC1. The summed E-state index contributed by atoms with van der Waals surface area (Å²) in [7, 11) is -3.59. The first-order valence-electron chi connectivity index (χ1n) is 7.15. The standard InChI is InChI=1S/C14H22ClN3O2S/c1-11(10-18-6-2-3-7-18)9-17-21(19,20)14-5-4-12(15)8-13(14)16/h4-5,8,11,17H,2-3,6-7,9-10,16H2,1H3. The zero-order valence-electron chi connectivity index (χ0n) is 12.2. The molecule has 1 aliphatic heterocycles. The fourth-order valence-corrected chi connectivity index (χ4v) is 4.02. The maximum Gasteiger partial charge on any atom is 0.242 e. The fraction of sp³-hybridized carbons (Fsp3) is 0.571. The highest BCUT2D eigenvalue weighted by Gasteiger charge is 2.20. The third kappa shape index (κ3) is 4.57. The van der Waals surface area contributed by atoms with Crippen molar-refractivity contribution in [2.75, 3.05) is 31.9 Å². The van der Waals surface area contributed by atoms with Crippen LogP contribution in [0.5, 0.6) is 0 Å². The smallest absolute Gasteiger partial charge is 0.242 e. The summed E-state index contributed by atoms with van der Waals surface area (Å²) in [5.74, 6) is 0.256. The van der Waals surface area contributed by atoms with Crippen molar-refractivity contribution in [3.05, 3.63) is 23.2 Å². The Bertz CT molecular complexity index is 586. The molecular weight excluding hydrogens is 310 g/mol. The molecule has 1 unspecified atom stereocenters. The van der Waals surface area contributed by atoms with Crippen molar-refractivity contribution in [3.63, 3.8) is 0 Å². The number of nitrogens with two attached hydrogens (primary N) is 1. The second-order valence-electron chi connectivity index (χ2n) is 5.65. The van der Waals surface area contributed by atoms with E-state index in [0.29, 0.717) is 11.6 Å². The number of halogens is 1. The summed E-state index contributed by atoms with van der Waals surface area (Å²) in [5.41, 5.74) is 5.90. The highest BCUT2D eigenvalue weighted by molar-refractivity contribution is 7.89. The lowest BCUT2D eigenvalue weighted by Gasteiger charge is -2.20. The summed E-state index contributed by atoms with van der Waals surface area (Å²) in [6.45, 7) is 5.59. The highest BCUT2D eigenvalue weighted by atomic mass is 35.5. The Kier molecular flexibility index (Phi) is 5.48. The van der Waals surface area contributed by atoms with E-state index in [2.05, 4.69) is 9.62 Å². The number of benzene rings is 1. The second-order valence-corrected chi connectivity index (χ2v) is 7.82. The molecule has 7 heteroatoms. The maximum atomic E-state index is 12.3. The van der Waals surface area contributed by atoms with Gasteiger partial charge in [-0.05, 0) is 50.0 Å². The van der Waals surface area contributed by atoms with Crippen LogP contribution in [0, 0.1) is 5.92 Å². The van der Waals surface area contributed by atoms with Crippen LogP contribution in [-0.4, -0.2) is 39.5 Å². The average Bonchev–Trinajstić information content (AvgIpc) is 2.89.